The molecule has 0 saturated carbocycles. The van der Waals surface area contributed by atoms with Crippen LogP contribution >= 0.6 is 0 Å². The number of nitrogens with one attached hydrogen (secondary N) is 2. The van der Waals surface area contributed by atoms with Crippen molar-refractivity contribution < 1.29 is 4.79 Å². The predicted molar refractivity (Wildman–Crippen MR) is 83.6 cm³/mol. The van der Waals surface area contributed by atoms with E-state index in [2.05, 4.69) is 25.7 Å². The fourth-order valence-electron chi connectivity index (χ4n) is 2.31. The van der Waals surface area contributed by atoms with Crippen molar-refractivity contribution in [3.05, 3.63) is 60.4 Å². The normalized spacial score (nSPS) is 10.9. The Morgan fingerprint density at radius 3 is 2.86 bits per heavy atom. The van der Waals surface area contributed by atoms with Crippen molar-refractivity contribution in [3.63, 3.8) is 0 Å². The SMILES string of the molecule is O=C(Nc1ccc2cn[nH]c2c1)c1cc2ccccc2nn1. The van der Waals surface area contributed by atoms with Crippen molar-refractivity contribution in [3.8, 4) is 0 Å². The average Bonchev–Trinajstić information content (AvgIpc) is 3.02. The zero-order valence-corrected chi connectivity index (χ0v) is 11.4. The van der Waals surface area contributed by atoms with Gasteiger partial charge < -0.3 is 5.32 Å². The maximum Gasteiger partial charge on any atom is 0.276 e. The van der Waals surface area contributed by atoms with Gasteiger partial charge in [-0.25, -0.2) is 0 Å². The van der Waals surface area contributed by atoms with E-state index in [0.717, 1.165) is 21.8 Å². The van der Waals surface area contributed by atoms with E-state index in [9.17, 15) is 4.79 Å². The van der Waals surface area contributed by atoms with Gasteiger partial charge in [-0.3, -0.25) is 9.89 Å². The smallest absolute Gasteiger partial charge is 0.276 e. The highest BCUT2D eigenvalue weighted by atomic mass is 16.1. The van der Waals surface area contributed by atoms with Gasteiger partial charge in [0.2, 0.25) is 0 Å². The fraction of sp³-hybridized carbons (Fsp3) is 0. The van der Waals surface area contributed by atoms with Crippen LogP contribution in [-0.4, -0.2) is 26.3 Å². The summed E-state index contributed by atoms with van der Waals surface area (Å²) in [6.07, 6.45) is 1.73. The predicted octanol–water partition coefficient (Wildman–Crippen LogP) is 2.76. The molecule has 0 radical (unpaired) electrons. The Balaban J connectivity index is 1.64. The van der Waals surface area contributed by atoms with Crippen LogP contribution in [-0.2, 0) is 0 Å². The van der Waals surface area contributed by atoms with E-state index >= 15 is 0 Å². The Hall–Kier alpha value is -3.28. The summed E-state index contributed by atoms with van der Waals surface area (Å²) in [6, 6.07) is 14.8. The molecule has 4 aromatic rings. The van der Waals surface area contributed by atoms with Crippen LogP contribution in [0.25, 0.3) is 21.8 Å². The molecule has 0 aliphatic heterocycles. The maximum absolute atomic E-state index is 12.3. The number of hydrogen-bond acceptors (Lipinski definition) is 4. The van der Waals surface area contributed by atoms with E-state index in [1.54, 1.807) is 12.3 Å². The molecule has 1 amide bonds. The lowest BCUT2D eigenvalue weighted by molar-refractivity contribution is 0.102. The van der Waals surface area contributed by atoms with Crippen LogP contribution in [0.15, 0.2) is 54.7 Å². The van der Waals surface area contributed by atoms with Crippen molar-refractivity contribution in [2.45, 2.75) is 0 Å². The molecule has 0 saturated heterocycles. The topological polar surface area (TPSA) is 83.6 Å². The first-order valence-corrected chi connectivity index (χ1v) is 6.76. The Morgan fingerprint density at radius 1 is 1.00 bits per heavy atom. The molecule has 0 aliphatic rings. The van der Waals surface area contributed by atoms with Gasteiger partial charge >= 0.3 is 0 Å². The summed E-state index contributed by atoms with van der Waals surface area (Å²) in [6.45, 7) is 0. The van der Waals surface area contributed by atoms with E-state index in [1.165, 1.54) is 0 Å². The molecule has 106 valence electrons. The molecule has 0 unspecified atom stereocenters. The molecule has 4 rings (SSSR count). The van der Waals surface area contributed by atoms with E-state index in [1.807, 2.05) is 42.5 Å². The van der Waals surface area contributed by atoms with Crippen LogP contribution in [0.5, 0.6) is 0 Å². The van der Waals surface area contributed by atoms with Gasteiger partial charge in [-0.15, -0.1) is 10.2 Å². The lowest BCUT2D eigenvalue weighted by atomic mass is 10.2. The minimum atomic E-state index is -0.294. The van der Waals surface area contributed by atoms with E-state index in [-0.39, 0.29) is 11.6 Å². The molecular formula is C16H11N5O. The van der Waals surface area contributed by atoms with E-state index in [0.29, 0.717) is 5.69 Å². The number of aromatic nitrogens is 4. The number of nitrogens with zero attached hydrogens (tertiary/aromatic N) is 3. The number of benzene rings is 2. The van der Waals surface area contributed by atoms with Crippen LogP contribution in [0.2, 0.25) is 0 Å². The first-order chi connectivity index (χ1) is 10.8. The van der Waals surface area contributed by atoms with Gasteiger partial charge in [-0.1, -0.05) is 18.2 Å². The first-order valence-electron chi connectivity index (χ1n) is 6.76. The lowest BCUT2D eigenvalue weighted by Gasteiger charge is -2.05. The fourth-order valence-corrected chi connectivity index (χ4v) is 2.31. The van der Waals surface area contributed by atoms with E-state index in [4.69, 9.17) is 0 Å². The number of carbonyl (C=O) groups is 1. The Kier molecular flexibility index (Phi) is 2.79. The van der Waals surface area contributed by atoms with Crippen molar-refractivity contribution in [1.29, 1.82) is 0 Å². The van der Waals surface area contributed by atoms with Gasteiger partial charge in [0.05, 0.1) is 17.2 Å². The molecule has 2 N–H and O–H groups in total. The van der Waals surface area contributed by atoms with Gasteiger partial charge in [0.15, 0.2) is 5.69 Å². The second kappa shape index (κ2) is 4.92. The van der Waals surface area contributed by atoms with Crippen molar-refractivity contribution >= 4 is 33.4 Å². The Morgan fingerprint density at radius 2 is 1.91 bits per heavy atom. The highest BCUT2D eigenvalue weighted by Crippen LogP contribution is 2.17. The summed E-state index contributed by atoms with van der Waals surface area (Å²) in [5.74, 6) is -0.294. The van der Waals surface area contributed by atoms with Crippen LogP contribution in [0.3, 0.4) is 0 Å². The van der Waals surface area contributed by atoms with Crippen molar-refractivity contribution in [1.82, 2.24) is 20.4 Å². The van der Waals surface area contributed by atoms with Gasteiger partial charge in [0.1, 0.15) is 0 Å². The summed E-state index contributed by atoms with van der Waals surface area (Å²) in [7, 11) is 0. The molecule has 2 aromatic carbocycles. The van der Waals surface area contributed by atoms with Crippen LogP contribution < -0.4 is 5.32 Å². The summed E-state index contributed by atoms with van der Waals surface area (Å²) in [4.78, 5) is 12.3. The number of amides is 1. The number of anilines is 1. The third kappa shape index (κ3) is 2.16. The third-order valence-electron chi connectivity index (χ3n) is 3.43. The summed E-state index contributed by atoms with van der Waals surface area (Å²) in [5, 5.41) is 19.5. The third-order valence-corrected chi connectivity index (χ3v) is 3.43. The van der Waals surface area contributed by atoms with Gasteiger partial charge in [0, 0.05) is 16.5 Å². The molecule has 6 heteroatoms. The Labute approximate surface area is 125 Å². The Bertz CT molecular complexity index is 992. The molecule has 2 heterocycles. The molecule has 0 aliphatic carbocycles. The standard InChI is InChI=1S/C16H11N5O/c22-16(15-7-10-3-1-2-4-13(10)20-21-15)18-12-6-5-11-9-17-19-14(11)8-12/h1-9H,(H,17,19)(H,18,22). The zero-order chi connectivity index (χ0) is 14.9. The lowest BCUT2D eigenvalue weighted by Crippen LogP contribution is -2.14. The monoisotopic (exact) mass is 289 g/mol. The van der Waals surface area contributed by atoms with Crippen LogP contribution in [0.1, 0.15) is 10.5 Å². The van der Waals surface area contributed by atoms with Crippen LogP contribution in [0.4, 0.5) is 5.69 Å². The van der Waals surface area contributed by atoms with Crippen molar-refractivity contribution in [2.75, 3.05) is 5.32 Å². The first kappa shape index (κ1) is 12.5. The largest absolute Gasteiger partial charge is 0.321 e. The second-order valence-electron chi connectivity index (χ2n) is 4.91. The number of H-pyrrole nitrogens is 1. The van der Waals surface area contributed by atoms with Crippen molar-refractivity contribution in [2.24, 2.45) is 0 Å². The van der Waals surface area contributed by atoms with Crippen LogP contribution in [0, 0.1) is 0 Å². The number of carbonyl (C=O) groups excluding carboxylic acids is 1. The summed E-state index contributed by atoms with van der Waals surface area (Å²) < 4.78 is 0. The van der Waals surface area contributed by atoms with E-state index < -0.39 is 0 Å². The quantitative estimate of drug-likeness (QED) is 0.594. The van der Waals surface area contributed by atoms with Gasteiger partial charge in [-0.05, 0) is 30.3 Å². The average molecular weight is 289 g/mol. The van der Waals surface area contributed by atoms with Gasteiger partial charge in [-0.2, -0.15) is 5.10 Å². The number of aromatic amines is 1. The van der Waals surface area contributed by atoms with Gasteiger partial charge in [0.25, 0.3) is 5.91 Å². The highest BCUT2D eigenvalue weighted by molar-refractivity contribution is 6.05. The zero-order valence-electron chi connectivity index (χ0n) is 11.4. The molecule has 6 nitrogen and oxygen atoms in total. The number of hydrogen-bond donors (Lipinski definition) is 2. The minimum absolute atomic E-state index is 0.281. The molecular weight excluding hydrogens is 278 g/mol. The summed E-state index contributed by atoms with van der Waals surface area (Å²) >= 11 is 0. The second-order valence-corrected chi connectivity index (χ2v) is 4.91. The summed E-state index contributed by atoms with van der Waals surface area (Å²) in [5.41, 5.74) is 2.58. The number of fused-ring (bicyclic) bond motifs is 2. The molecule has 22 heavy (non-hydrogen) atoms. The number of rotatable bonds is 2. The highest BCUT2D eigenvalue weighted by Gasteiger charge is 2.10. The molecule has 0 bridgehead atoms. The molecule has 2 aromatic heterocycles. The minimum Gasteiger partial charge on any atom is -0.321 e. The maximum atomic E-state index is 12.3. The molecule has 0 fully saturated rings. The molecule has 0 atom stereocenters. The molecule has 0 spiro atoms.